The maximum absolute atomic E-state index is 5.86. The fraction of sp³-hybridized carbons (Fsp3) is 0.0769. The third-order valence-corrected chi connectivity index (χ3v) is 2.45. The first-order valence-corrected chi connectivity index (χ1v) is 5.53. The summed E-state index contributed by atoms with van der Waals surface area (Å²) in [5.41, 5.74) is 1.05. The third-order valence-electron chi connectivity index (χ3n) is 2.01. The van der Waals surface area contributed by atoms with Gasteiger partial charge in [0.2, 0.25) is 0 Å². The topological polar surface area (TPSA) is 9.23 Å². The predicted molar refractivity (Wildman–Crippen MR) is 71.8 cm³/mol. The second-order valence-electron chi connectivity index (χ2n) is 3.31. The zero-order valence-electron chi connectivity index (χ0n) is 9.50. The molecule has 0 spiro atoms. The van der Waals surface area contributed by atoms with Crippen LogP contribution in [0.4, 0.5) is 0 Å². The molecule has 0 N–H and O–H groups in total. The second-order valence-corrected chi connectivity index (χ2v) is 4.18. The molecule has 0 aliphatic carbocycles. The minimum absolute atomic E-state index is 0. The summed E-state index contributed by atoms with van der Waals surface area (Å²) in [5.74, 6) is 0.668. The van der Waals surface area contributed by atoms with Crippen molar-refractivity contribution in [3.63, 3.8) is 0 Å². The van der Waals surface area contributed by atoms with Gasteiger partial charge in [-0.2, -0.15) is 30.3 Å². The number of halogens is 3. The van der Waals surface area contributed by atoms with Gasteiger partial charge in [-0.3, -0.25) is 0 Å². The molecule has 5 heteroatoms. The van der Waals surface area contributed by atoms with Crippen LogP contribution < -0.4 is 21.7 Å². The molecule has 0 fully saturated rings. The Kier molecular flexibility index (Phi) is 9.08. The summed E-state index contributed by atoms with van der Waals surface area (Å²) in [7, 11) is 0. The van der Waals surface area contributed by atoms with E-state index in [0.29, 0.717) is 22.4 Å². The quantitative estimate of drug-likeness (QED) is 0.589. The molecule has 0 aliphatic heterocycles. The van der Waals surface area contributed by atoms with E-state index >= 15 is 0 Å². The van der Waals surface area contributed by atoms with E-state index in [1.165, 1.54) is 0 Å². The monoisotopic (exact) mass is 354 g/mol. The Bertz CT molecular complexity index is 459. The standard InChI is InChI=1S/C13H9Cl2O.BrH.Mg/c14-11-6-12(15)8-13(7-11)16-9-10-4-2-1-3-5-10;;/h1-2,4-8H,9H2;1H;/q-1;;+2/p-1. The van der Waals surface area contributed by atoms with Gasteiger partial charge in [0.05, 0.1) is 6.61 Å². The Hall–Kier alpha value is 0.0662. The summed E-state index contributed by atoms with van der Waals surface area (Å²) in [4.78, 5) is 0. The Labute approximate surface area is 143 Å². The SMILES string of the molecule is Clc1cc(Cl)cc(OCc2c[c-]ccc2)c1.[Br-].[Mg+2]. The molecule has 0 heterocycles. The van der Waals surface area contributed by atoms with Gasteiger partial charge in [0.15, 0.2) is 0 Å². The normalized spacial score (nSPS) is 9.00. The molecule has 0 saturated carbocycles. The van der Waals surface area contributed by atoms with Crippen LogP contribution in [0.25, 0.3) is 0 Å². The molecule has 2 rings (SSSR count). The van der Waals surface area contributed by atoms with Crippen LogP contribution in [0, 0.1) is 6.07 Å². The van der Waals surface area contributed by atoms with Crippen molar-refractivity contribution in [3.8, 4) is 5.75 Å². The second kappa shape index (κ2) is 9.05. The molecule has 2 aromatic carbocycles. The summed E-state index contributed by atoms with van der Waals surface area (Å²) in [6.07, 6.45) is 0. The Morgan fingerprint density at radius 1 is 1.11 bits per heavy atom. The zero-order valence-corrected chi connectivity index (χ0v) is 14.0. The van der Waals surface area contributed by atoms with Crippen LogP contribution >= 0.6 is 23.2 Å². The molecule has 0 unspecified atom stereocenters. The fourth-order valence-corrected chi connectivity index (χ4v) is 1.80. The molecular weight excluding hydrogens is 347 g/mol. The van der Waals surface area contributed by atoms with Gasteiger partial charge < -0.3 is 21.7 Å². The number of rotatable bonds is 3. The predicted octanol–water partition coefficient (Wildman–Crippen LogP) is 0.996. The van der Waals surface area contributed by atoms with Crippen molar-refractivity contribution in [2.24, 2.45) is 0 Å². The van der Waals surface area contributed by atoms with E-state index in [1.807, 2.05) is 24.3 Å². The molecule has 2 aromatic rings. The maximum Gasteiger partial charge on any atom is 2.00 e. The number of hydrogen-bond donors (Lipinski definition) is 0. The van der Waals surface area contributed by atoms with Crippen LogP contribution in [-0.4, -0.2) is 23.1 Å². The van der Waals surface area contributed by atoms with Crippen LogP contribution in [0.1, 0.15) is 5.56 Å². The smallest absolute Gasteiger partial charge is 1.00 e. The average Bonchev–Trinajstić information content (AvgIpc) is 2.27. The first-order valence-electron chi connectivity index (χ1n) is 4.78. The molecule has 0 saturated heterocycles. The van der Waals surface area contributed by atoms with E-state index < -0.39 is 0 Å². The Morgan fingerprint density at radius 3 is 2.33 bits per heavy atom. The van der Waals surface area contributed by atoms with Crippen molar-refractivity contribution in [2.75, 3.05) is 0 Å². The van der Waals surface area contributed by atoms with Gasteiger partial charge >= 0.3 is 23.1 Å². The van der Waals surface area contributed by atoms with Gasteiger partial charge in [0.1, 0.15) is 5.75 Å². The Morgan fingerprint density at radius 2 is 1.78 bits per heavy atom. The first-order chi connectivity index (χ1) is 7.74. The van der Waals surface area contributed by atoms with Gasteiger partial charge in [0, 0.05) is 10.0 Å². The fourth-order valence-electron chi connectivity index (χ4n) is 1.30. The zero-order chi connectivity index (χ0) is 11.4. The van der Waals surface area contributed by atoms with Crippen LogP contribution in [0.3, 0.4) is 0 Å². The van der Waals surface area contributed by atoms with Crippen LogP contribution in [0.5, 0.6) is 5.75 Å². The summed E-state index contributed by atoms with van der Waals surface area (Å²) in [6.45, 7) is 0.480. The van der Waals surface area contributed by atoms with Gasteiger partial charge in [-0.15, -0.1) is 5.56 Å². The molecule has 90 valence electrons. The van der Waals surface area contributed by atoms with Crippen molar-refractivity contribution >= 4 is 46.3 Å². The molecule has 0 amide bonds. The van der Waals surface area contributed by atoms with E-state index in [-0.39, 0.29) is 40.0 Å². The van der Waals surface area contributed by atoms with E-state index in [1.54, 1.807) is 18.2 Å². The minimum Gasteiger partial charge on any atom is -1.00 e. The summed E-state index contributed by atoms with van der Waals surface area (Å²) < 4.78 is 5.56. The first kappa shape index (κ1) is 18.1. The summed E-state index contributed by atoms with van der Waals surface area (Å²) in [5, 5.41) is 1.14. The number of ether oxygens (including phenoxy) is 1. The van der Waals surface area contributed by atoms with Crippen molar-refractivity contribution in [1.82, 2.24) is 0 Å². The molecule has 0 radical (unpaired) electrons. The third kappa shape index (κ3) is 5.80. The number of benzene rings is 2. The molecular formula is C13H9BrCl2MgO. The molecule has 0 bridgehead atoms. The number of hydrogen-bond acceptors (Lipinski definition) is 1. The van der Waals surface area contributed by atoms with Gasteiger partial charge in [-0.05, 0) is 18.2 Å². The average molecular weight is 356 g/mol. The van der Waals surface area contributed by atoms with Crippen LogP contribution in [0.15, 0.2) is 42.5 Å². The molecule has 18 heavy (non-hydrogen) atoms. The van der Waals surface area contributed by atoms with Gasteiger partial charge in [-0.25, -0.2) is 0 Å². The molecule has 0 aliphatic rings. The largest absolute Gasteiger partial charge is 2.00 e. The minimum atomic E-state index is 0. The van der Waals surface area contributed by atoms with Crippen molar-refractivity contribution < 1.29 is 21.7 Å². The van der Waals surface area contributed by atoms with Crippen LogP contribution in [0.2, 0.25) is 10.0 Å². The molecule has 1 nitrogen and oxygen atoms in total. The van der Waals surface area contributed by atoms with E-state index in [2.05, 4.69) is 6.07 Å². The van der Waals surface area contributed by atoms with Gasteiger partial charge in [0.25, 0.3) is 0 Å². The van der Waals surface area contributed by atoms with Crippen molar-refractivity contribution in [2.45, 2.75) is 6.61 Å². The maximum atomic E-state index is 5.86. The molecule has 0 atom stereocenters. The van der Waals surface area contributed by atoms with E-state index in [9.17, 15) is 0 Å². The summed E-state index contributed by atoms with van der Waals surface area (Å²) in [6, 6.07) is 15.8. The van der Waals surface area contributed by atoms with Crippen molar-refractivity contribution in [1.29, 1.82) is 0 Å². The van der Waals surface area contributed by atoms with E-state index in [0.717, 1.165) is 5.56 Å². The Balaban J connectivity index is 0.00000144. The molecule has 0 aromatic heterocycles. The van der Waals surface area contributed by atoms with Gasteiger partial charge in [-0.1, -0.05) is 23.2 Å². The summed E-state index contributed by atoms with van der Waals surface area (Å²) >= 11 is 11.7. The van der Waals surface area contributed by atoms with E-state index in [4.69, 9.17) is 27.9 Å². The van der Waals surface area contributed by atoms with Crippen LogP contribution in [-0.2, 0) is 6.61 Å². The van der Waals surface area contributed by atoms with Crippen molar-refractivity contribution in [3.05, 3.63) is 64.1 Å².